The molecule has 182 valence electrons. The lowest BCUT2D eigenvalue weighted by atomic mass is 10.3. The van der Waals surface area contributed by atoms with Gasteiger partial charge in [-0.15, -0.1) is 0 Å². The second kappa shape index (κ2) is 9.85. The normalized spacial score (nSPS) is 14.5. The molecule has 0 aliphatic carbocycles. The summed E-state index contributed by atoms with van der Waals surface area (Å²) in [6.07, 6.45) is 3.69. The van der Waals surface area contributed by atoms with Gasteiger partial charge in [-0.25, -0.2) is 14.6 Å². The van der Waals surface area contributed by atoms with Gasteiger partial charge in [-0.3, -0.25) is 9.47 Å². The monoisotopic (exact) mass is 516 g/mol. The Morgan fingerprint density at radius 1 is 0.861 bits per heavy atom. The Bertz CT molecular complexity index is 1550. The second-order valence-electron chi connectivity index (χ2n) is 8.78. The minimum Gasteiger partial charge on any atom is -0.354 e. The number of fused-ring (bicyclic) bond motifs is 1. The van der Waals surface area contributed by atoms with E-state index in [9.17, 15) is 0 Å². The largest absolute Gasteiger partial charge is 0.354 e. The Morgan fingerprint density at radius 3 is 2.44 bits per heavy atom. The fraction of sp³-hybridized carbons (Fsp3) is 0.231. The summed E-state index contributed by atoms with van der Waals surface area (Å²) in [4.78, 5) is 13.7. The number of nitrogens with zero attached hydrogens (tertiary/aromatic N) is 8. The summed E-state index contributed by atoms with van der Waals surface area (Å²) >= 11 is 12.6. The van der Waals surface area contributed by atoms with Gasteiger partial charge in [0, 0.05) is 32.4 Å². The Morgan fingerprint density at radius 2 is 1.64 bits per heavy atom. The summed E-state index contributed by atoms with van der Waals surface area (Å²) in [6, 6.07) is 21.9. The molecule has 0 unspecified atom stereocenters. The molecule has 1 aliphatic rings. The Labute approximate surface area is 219 Å². The highest BCUT2D eigenvalue weighted by Gasteiger charge is 2.21. The lowest BCUT2D eigenvalue weighted by Gasteiger charge is -2.35. The van der Waals surface area contributed by atoms with Gasteiger partial charge in [-0.1, -0.05) is 41.9 Å². The van der Waals surface area contributed by atoms with Crippen LogP contribution in [0.15, 0.2) is 79.3 Å². The van der Waals surface area contributed by atoms with Crippen LogP contribution in [0.4, 0.5) is 5.82 Å². The molecular weight excluding hydrogens is 492 g/mol. The molecule has 2 aromatic carbocycles. The maximum atomic E-state index is 6.61. The van der Waals surface area contributed by atoms with E-state index in [1.165, 1.54) is 0 Å². The van der Waals surface area contributed by atoms with E-state index < -0.39 is 0 Å². The topological polar surface area (TPSA) is 59.9 Å². The first-order valence-electron chi connectivity index (χ1n) is 11.9. The van der Waals surface area contributed by atoms with Crippen molar-refractivity contribution in [2.45, 2.75) is 13.2 Å². The first-order chi connectivity index (χ1) is 17.7. The first-order valence-corrected chi connectivity index (χ1v) is 12.7. The van der Waals surface area contributed by atoms with Gasteiger partial charge in [0.15, 0.2) is 5.82 Å². The molecule has 0 N–H and O–H groups in total. The van der Waals surface area contributed by atoms with E-state index in [4.69, 9.17) is 28.9 Å². The second-order valence-corrected chi connectivity index (χ2v) is 9.55. The van der Waals surface area contributed by atoms with Crippen LogP contribution in [0.3, 0.4) is 0 Å². The molecule has 36 heavy (non-hydrogen) atoms. The zero-order valence-electron chi connectivity index (χ0n) is 19.6. The first kappa shape index (κ1) is 22.9. The van der Waals surface area contributed by atoms with Crippen molar-refractivity contribution < 1.29 is 0 Å². The highest BCUT2D eigenvalue weighted by atomic mass is 35.5. The van der Waals surface area contributed by atoms with Crippen molar-refractivity contribution >= 4 is 40.7 Å². The van der Waals surface area contributed by atoms with Gasteiger partial charge >= 0.3 is 0 Å². The van der Waals surface area contributed by atoms with E-state index >= 15 is 0 Å². The molecule has 6 rings (SSSR count). The maximum Gasteiger partial charge on any atom is 0.203 e. The van der Waals surface area contributed by atoms with Gasteiger partial charge in [0.25, 0.3) is 0 Å². The molecule has 1 saturated heterocycles. The smallest absolute Gasteiger partial charge is 0.203 e. The van der Waals surface area contributed by atoms with Crippen molar-refractivity contribution in [1.82, 2.24) is 33.8 Å². The van der Waals surface area contributed by atoms with E-state index in [-0.39, 0.29) is 0 Å². The SMILES string of the molecule is S=c1n(CN2CCN(c3ccccn3)CC2)nc(Cn2cnc3ccccc32)n1-c1ccccc1Cl. The minimum atomic E-state index is 0.524. The lowest BCUT2D eigenvalue weighted by molar-refractivity contribution is 0.193. The van der Waals surface area contributed by atoms with Crippen molar-refractivity contribution in [1.29, 1.82) is 0 Å². The Hall–Kier alpha value is -3.53. The molecule has 0 amide bonds. The molecule has 3 aromatic heterocycles. The molecule has 1 fully saturated rings. The predicted octanol–water partition coefficient (Wildman–Crippen LogP) is 4.63. The van der Waals surface area contributed by atoms with Crippen molar-refractivity contribution in [3.63, 3.8) is 0 Å². The molecule has 0 saturated carbocycles. The zero-order valence-corrected chi connectivity index (χ0v) is 21.2. The fourth-order valence-corrected chi connectivity index (χ4v) is 5.18. The standard InChI is InChI=1S/C26H25ClN8S/c27-20-7-1-3-9-22(20)35-25(17-33-18-29-21-8-2-4-10-23(21)33)30-34(26(35)36)19-31-13-15-32(16-14-31)24-11-5-6-12-28-24/h1-12,18H,13-17,19H2. The summed E-state index contributed by atoms with van der Waals surface area (Å²) in [5.41, 5.74) is 2.83. The minimum absolute atomic E-state index is 0.524. The maximum absolute atomic E-state index is 6.61. The van der Waals surface area contributed by atoms with Gasteiger partial charge in [-0.2, -0.15) is 5.10 Å². The van der Waals surface area contributed by atoms with Crippen molar-refractivity contribution in [2.75, 3.05) is 31.1 Å². The molecule has 0 spiro atoms. The summed E-state index contributed by atoms with van der Waals surface area (Å²) in [5, 5.41) is 5.61. The Balaban J connectivity index is 1.30. The van der Waals surface area contributed by atoms with Gasteiger partial charge in [0.05, 0.1) is 41.3 Å². The average Bonchev–Trinajstić information content (AvgIpc) is 3.46. The van der Waals surface area contributed by atoms with Gasteiger partial charge < -0.3 is 9.47 Å². The van der Waals surface area contributed by atoms with Crippen molar-refractivity contribution in [2.24, 2.45) is 0 Å². The number of para-hydroxylation sites is 3. The van der Waals surface area contributed by atoms with Crippen LogP contribution in [-0.4, -0.2) is 60.0 Å². The van der Waals surface area contributed by atoms with Crippen LogP contribution in [0.2, 0.25) is 5.02 Å². The number of hydrogen-bond donors (Lipinski definition) is 0. The number of piperazine rings is 1. The van der Waals surface area contributed by atoms with Gasteiger partial charge in [0.2, 0.25) is 4.77 Å². The van der Waals surface area contributed by atoms with Crippen LogP contribution in [-0.2, 0) is 13.2 Å². The quantitative estimate of drug-likeness (QED) is 0.307. The third-order valence-electron chi connectivity index (χ3n) is 6.52. The van der Waals surface area contributed by atoms with E-state index in [0.717, 1.165) is 54.5 Å². The highest BCUT2D eigenvalue weighted by Crippen LogP contribution is 2.24. The zero-order chi connectivity index (χ0) is 24.5. The summed E-state index contributed by atoms with van der Waals surface area (Å²) < 4.78 is 6.60. The molecule has 0 radical (unpaired) electrons. The number of pyridine rings is 1. The van der Waals surface area contributed by atoms with Crippen LogP contribution in [0.25, 0.3) is 16.7 Å². The molecule has 0 bridgehead atoms. The number of anilines is 1. The predicted molar refractivity (Wildman–Crippen MR) is 144 cm³/mol. The van der Waals surface area contributed by atoms with Gasteiger partial charge in [-0.05, 0) is 48.6 Å². The molecule has 1 aliphatic heterocycles. The number of hydrogen-bond acceptors (Lipinski definition) is 6. The van der Waals surface area contributed by atoms with Crippen LogP contribution >= 0.6 is 23.8 Å². The number of aromatic nitrogens is 6. The molecular formula is C26H25ClN8S. The van der Waals surface area contributed by atoms with E-state index in [2.05, 4.69) is 36.5 Å². The molecule has 10 heteroatoms. The van der Waals surface area contributed by atoms with Crippen molar-refractivity contribution in [3.8, 4) is 5.69 Å². The van der Waals surface area contributed by atoms with Gasteiger partial charge in [0.1, 0.15) is 5.82 Å². The molecule has 4 heterocycles. The summed E-state index contributed by atoms with van der Waals surface area (Å²) in [7, 11) is 0. The van der Waals surface area contributed by atoms with E-state index in [0.29, 0.717) is 23.0 Å². The molecule has 5 aromatic rings. The number of halogens is 1. The number of benzene rings is 2. The third-order valence-corrected chi connectivity index (χ3v) is 7.23. The van der Waals surface area contributed by atoms with E-state index in [1.807, 2.05) is 76.4 Å². The van der Waals surface area contributed by atoms with E-state index in [1.54, 1.807) is 0 Å². The molecule has 8 nitrogen and oxygen atoms in total. The van der Waals surface area contributed by atoms with Crippen molar-refractivity contribution in [3.05, 3.63) is 94.9 Å². The highest BCUT2D eigenvalue weighted by molar-refractivity contribution is 7.71. The van der Waals surface area contributed by atoms with Crippen LogP contribution in [0.1, 0.15) is 5.82 Å². The Kier molecular flexibility index (Phi) is 6.27. The number of rotatable bonds is 6. The average molecular weight is 517 g/mol. The third kappa shape index (κ3) is 4.41. The lowest BCUT2D eigenvalue weighted by Crippen LogP contribution is -2.47. The van der Waals surface area contributed by atoms with Crippen LogP contribution in [0, 0.1) is 4.77 Å². The van der Waals surface area contributed by atoms with Crippen LogP contribution < -0.4 is 4.90 Å². The molecule has 0 atom stereocenters. The summed E-state index contributed by atoms with van der Waals surface area (Å²) in [5.74, 6) is 1.83. The summed E-state index contributed by atoms with van der Waals surface area (Å²) in [6.45, 7) is 4.75. The van der Waals surface area contributed by atoms with Crippen LogP contribution in [0.5, 0.6) is 0 Å². The number of imidazole rings is 1. The fourth-order valence-electron chi connectivity index (χ4n) is 4.66.